The van der Waals surface area contributed by atoms with E-state index in [1.807, 2.05) is 18.2 Å². The number of rotatable bonds is 3. The zero-order valence-corrected chi connectivity index (χ0v) is 18.4. The van der Waals surface area contributed by atoms with Crippen molar-refractivity contribution in [1.82, 2.24) is 0 Å². The van der Waals surface area contributed by atoms with Gasteiger partial charge < -0.3 is 15.0 Å². The summed E-state index contributed by atoms with van der Waals surface area (Å²) in [6.45, 7) is 6.75. The molecule has 0 unspecified atom stereocenters. The Morgan fingerprint density at radius 3 is 2.39 bits per heavy atom. The summed E-state index contributed by atoms with van der Waals surface area (Å²) in [6, 6.07) is 25.5. The molecule has 3 heteroatoms. The molecule has 1 N–H and O–H groups in total. The van der Waals surface area contributed by atoms with Crippen molar-refractivity contribution in [3.63, 3.8) is 0 Å². The maximum atomic E-state index is 6.36. The summed E-state index contributed by atoms with van der Waals surface area (Å²) < 4.78 is 6.36. The molecule has 1 aliphatic carbocycles. The van der Waals surface area contributed by atoms with Crippen molar-refractivity contribution in [1.29, 1.82) is 0 Å². The monoisotopic (exact) mass is 408 g/mol. The topological polar surface area (TPSA) is 24.5 Å². The SMILES string of the molecule is CC(C)(C)c1ccc(N2C3=C(C=CCC3)Oc3cc(Nc4ccccc4)ccc32)cc1. The highest BCUT2D eigenvalue weighted by molar-refractivity contribution is 5.79. The van der Waals surface area contributed by atoms with Crippen LogP contribution in [-0.4, -0.2) is 0 Å². The molecule has 0 saturated carbocycles. The first-order valence-corrected chi connectivity index (χ1v) is 10.9. The van der Waals surface area contributed by atoms with E-state index < -0.39 is 0 Å². The van der Waals surface area contributed by atoms with Crippen molar-refractivity contribution in [3.05, 3.63) is 102 Å². The Bertz CT molecular complexity index is 1150. The fourth-order valence-corrected chi connectivity index (χ4v) is 4.16. The Morgan fingerprint density at radius 1 is 0.871 bits per heavy atom. The Kier molecular flexibility index (Phi) is 4.82. The normalized spacial score (nSPS) is 15.3. The molecule has 3 nitrogen and oxygen atoms in total. The van der Waals surface area contributed by atoms with Crippen molar-refractivity contribution in [2.45, 2.75) is 39.0 Å². The quantitative estimate of drug-likeness (QED) is 0.478. The molecule has 0 fully saturated rings. The third-order valence-corrected chi connectivity index (χ3v) is 5.85. The first-order chi connectivity index (χ1) is 15.0. The number of allylic oxidation sites excluding steroid dienone is 3. The Morgan fingerprint density at radius 2 is 1.65 bits per heavy atom. The lowest BCUT2D eigenvalue weighted by Crippen LogP contribution is -2.25. The molecule has 3 aromatic rings. The van der Waals surface area contributed by atoms with Gasteiger partial charge >= 0.3 is 0 Å². The third kappa shape index (κ3) is 3.84. The number of hydrogen-bond acceptors (Lipinski definition) is 3. The fourth-order valence-electron chi connectivity index (χ4n) is 4.16. The molecule has 1 aliphatic heterocycles. The molecular weight excluding hydrogens is 380 g/mol. The highest BCUT2D eigenvalue weighted by Gasteiger charge is 2.28. The molecule has 0 radical (unpaired) electrons. The van der Waals surface area contributed by atoms with Crippen LogP contribution in [0.4, 0.5) is 22.7 Å². The maximum absolute atomic E-state index is 6.36. The van der Waals surface area contributed by atoms with E-state index in [0.29, 0.717) is 0 Å². The van der Waals surface area contributed by atoms with Gasteiger partial charge in [0.25, 0.3) is 0 Å². The lowest BCUT2D eigenvalue weighted by atomic mass is 9.87. The zero-order valence-electron chi connectivity index (χ0n) is 18.4. The van der Waals surface area contributed by atoms with Crippen molar-refractivity contribution >= 4 is 22.7 Å². The predicted molar refractivity (Wildman–Crippen MR) is 129 cm³/mol. The van der Waals surface area contributed by atoms with E-state index in [-0.39, 0.29) is 5.41 Å². The summed E-state index contributed by atoms with van der Waals surface area (Å²) in [6.07, 6.45) is 6.30. The van der Waals surface area contributed by atoms with Crippen LogP contribution in [0.5, 0.6) is 5.75 Å². The summed E-state index contributed by atoms with van der Waals surface area (Å²) in [4.78, 5) is 2.36. The summed E-state index contributed by atoms with van der Waals surface area (Å²) in [5.41, 5.74) is 7.02. The number of fused-ring (bicyclic) bond motifs is 1. The van der Waals surface area contributed by atoms with Gasteiger partial charge in [0.15, 0.2) is 5.75 Å². The van der Waals surface area contributed by atoms with E-state index in [2.05, 4.69) is 97.7 Å². The van der Waals surface area contributed by atoms with Crippen LogP contribution in [0.1, 0.15) is 39.2 Å². The number of para-hydroxylation sites is 1. The maximum Gasteiger partial charge on any atom is 0.153 e. The molecule has 0 saturated heterocycles. The molecule has 0 aromatic heterocycles. The van der Waals surface area contributed by atoms with Crippen molar-refractivity contribution in [2.24, 2.45) is 0 Å². The summed E-state index contributed by atoms with van der Waals surface area (Å²) >= 11 is 0. The first-order valence-electron chi connectivity index (χ1n) is 10.9. The van der Waals surface area contributed by atoms with Crippen molar-refractivity contribution in [2.75, 3.05) is 10.2 Å². The molecule has 0 bridgehead atoms. The molecule has 31 heavy (non-hydrogen) atoms. The smallest absolute Gasteiger partial charge is 0.153 e. The molecule has 156 valence electrons. The van der Waals surface area contributed by atoms with Crippen LogP contribution in [0, 0.1) is 0 Å². The van der Waals surface area contributed by atoms with Gasteiger partial charge in [0.05, 0.1) is 11.4 Å². The predicted octanol–water partition coefficient (Wildman–Crippen LogP) is 7.82. The van der Waals surface area contributed by atoms with Crippen LogP contribution in [0.2, 0.25) is 0 Å². The van der Waals surface area contributed by atoms with E-state index in [1.165, 1.54) is 16.9 Å². The lowest BCUT2D eigenvalue weighted by molar-refractivity contribution is 0.421. The zero-order chi connectivity index (χ0) is 21.4. The van der Waals surface area contributed by atoms with Crippen LogP contribution in [-0.2, 0) is 5.41 Å². The summed E-state index contributed by atoms with van der Waals surface area (Å²) in [5.74, 6) is 1.81. The number of hydrogen-bond donors (Lipinski definition) is 1. The van der Waals surface area contributed by atoms with Crippen LogP contribution < -0.4 is 15.0 Å². The molecule has 2 aliphatic rings. The Balaban J connectivity index is 1.55. The van der Waals surface area contributed by atoms with E-state index in [0.717, 1.165) is 41.4 Å². The molecule has 5 rings (SSSR count). The molecular formula is C28H28N2O. The molecule has 3 aromatic carbocycles. The largest absolute Gasteiger partial charge is 0.453 e. The van der Waals surface area contributed by atoms with Crippen LogP contribution in [0.25, 0.3) is 0 Å². The Hall–Kier alpha value is -3.46. The van der Waals surface area contributed by atoms with E-state index in [1.54, 1.807) is 0 Å². The van der Waals surface area contributed by atoms with Gasteiger partial charge in [-0.3, -0.25) is 0 Å². The summed E-state index contributed by atoms with van der Waals surface area (Å²) in [5, 5.41) is 3.47. The van der Waals surface area contributed by atoms with E-state index in [4.69, 9.17) is 4.74 Å². The second kappa shape index (κ2) is 7.66. The number of nitrogens with zero attached hydrogens (tertiary/aromatic N) is 1. The average Bonchev–Trinajstić information content (AvgIpc) is 2.77. The van der Waals surface area contributed by atoms with Gasteiger partial charge in [0.2, 0.25) is 0 Å². The Labute approximate surface area is 184 Å². The average molecular weight is 409 g/mol. The number of ether oxygens (including phenoxy) is 1. The standard InChI is InChI=1S/C28H28N2O/c1-28(2,3)20-13-16-23(17-14-20)30-24-11-7-8-12-26(24)31-27-19-22(15-18-25(27)30)29-21-9-5-4-6-10-21/h4-6,8-10,12-19,29H,7,11H2,1-3H3. The van der Waals surface area contributed by atoms with Gasteiger partial charge in [0, 0.05) is 23.1 Å². The number of anilines is 4. The first kappa shape index (κ1) is 19.5. The number of nitrogens with one attached hydrogen (secondary N) is 1. The molecule has 0 amide bonds. The lowest BCUT2D eigenvalue weighted by Gasteiger charge is -2.36. The van der Waals surface area contributed by atoms with Gasteiger partial charge in [-0.05, 0) is 66.3 Å². The minimum atomic E-state index is 0.136. The van der Waals surface area contributed by atoms with E-state index in [9.17, 15) is 0 Å². The van der Waals surface area contributed by atoms with Crippen LogP contribution >= 0.6 is 0 Å². The second-order valence-electron chi connectivity index (χ2n) is 9.16. The van der Waals surface area contributed by atoms with Gasteiger partial charge in [-0.15, -0.1) is 0 Å². The van der Waals surface area contributed by atoms with E-state index >= 15 is 0 Å². The van der Waals surface area contributed by atoms with Crippen LogP contribution in [0.15, 0.2) is 96.4 Å². The van der Waals surface area contributed by atoms with Gasteiger partial charge in [-0.1, -0.05) is 57.2 Å². The van der Waals surface area contributed by atoms with Crippen molar-refractivity contribution in [3.8, 4) is 5.75 Å². The van der Waals surface area contributed by atoms with Gasteiger partial charge in [-0.25, -0.2) is 0 Å². The minimum absolute atomic E-state index is 0.136. The molecule has 0 atom stereocenters. The molecule has 0 spiro atoms. The third-order valence-electron chi connectivity index (χ3n) is 5.85. The van der Waals surface area contributed by atoms with Crippen molar-refractivity contribution < 1.29 is 4.74 Å². The van der Waals surface area contributed by atoms with Gasteiger partial charge in [-0.2, -0.15) is 0 Å². The van der Waals surface area contributed by atoms with Crippen LogP contribution in [0.3, 0.4) is 0 Å². The van der Waals surface area contributed by atoms with Gasteiger partial charge in [0.1, 0.15) is 5.76 Å². The fraction of sp³-hybridized carbons (Fsp3) is 0.214. The summed E-state index contributed by atoms with van der Waals surface area (Å²) in [7, 11) is 0. The molecule has 1 heterocycles. The second-order valence-corrected chi connectivity index (χ2v) is 9.16. The highest BCUT2D eigenvalue weighted by Crippen LogP contribution is 2.46. The number of benzene rings is 3. The minimum Gasteiger partial charge on any atom is -0.453 e. The highest BCUT2D eigenvalue weighted by atomic mass is 16.5.